The Hall–Kier alpha value is -1.71. The van der Waals surface area contributed by atoms with E-state index in [-0.39, 0.29) is 6.10 Å². The van der Waals surface area contributed by atoms with Gasteiger partial charge in [-0.3, -0.25) is 0 Å². The van der Waals surface area contributed by atoms with Crippen molar-refractivity contribution in [3.63, 3.8) is 0 Å². The van der Waals surface area contributed by atoms with Crippen LogP contribution in [-0.4, -0.2) is 49.5 Å². The summed E-state index contributed by atoms with van der Waals surface area (Å²) in [5.74, 6) is 0.644. The van der Waals surface area contributed by atoms with E-state index in [1.165, 1.54) is 6.20 Å². The van der Waals surface area contributed by atoms with Gasteiger partial charge in [-0.25, -0.2) is 9.97 Å². The third-order valence-electron chi connectivity index (χ3n) is 2.87. The molecule has 0 bridgehead atoms. The molecule has 1 atom stereocenters. The summed E-state index contributed by atoms with van der Waals surface area (Å²) in [4.78, 5) is 10.3. The third kappa shape index (κ3) is 2.94. The molecular weight excluding hydrogens is 232 g/mol. The van der Waals surface area contributed by atoms with E-state index < -0.39 is 0 Å². The van der Waals surface area contributed by atoms with Crippen molar-refractivity contribution in [3.05, 3.63) is 18.1 Å². The SMILES string of the molecule is COCCC1CN(c2nccnc2C#N)CCO1. The van der Waals surface area contributed by atoms with Crippen LogP contribution in [0.2, 0.25) is 0 Å². The molecule has 0 amide bonds. The van der Waals surface area contributed by atoms with E-state index in [1.54, 1.807) is 13.3 Å². The minimum absolute atomic E-state index is 0.118. The van der Waals surface area contributed by atoms with E-state index in [0.717, 1.165) is 19.5 Å². The summed E-state index contributed by atoms with van der Waals surface area (Å²) in [6.45, 7) is 2.76. The molecule has 1 aromatic rings. The smallest absolute Gasteiger partial charge is 0.183 e. The molecule has 2 rings (SSSR count). The van der Waals surface area contributed by atoms with Crippen LogP contribution in [0.1, 0.15) is 12.1 Å². The lowest BCUT2D eigenvalue weighted by Crippen LogP contribution is -2.43. The van der Waals surface area contributed by atoms with E-state index in [9.17, 15) is 0 Å². The number of ether oxygens (including phenoxy) is 2. The van der Waals surface area contributed by atoms with Gasteiger partial charge in [0.2, 0.25) is 0 Å². The molecule has 0 radical (unpaired) electrons. The summed E-state index contributed by atoms with van der Waals surface area (Å²) in [6.07, 6.45) is 4.10. The van der Waals surface area contributed by atoms with Gasteiger partial charge in [-0.05, 0) is 6.42 Å². The monoisotopic (exact) mass is 248 g/mol. The molecule has 0 saturated carbocycles. The largest absolute Gasteiger partial charge is 0.385 e. The van der Waals surface area contributed by atoms with Crippen molar-refractivity contribution in [1.82, 2.24) is 9.97 Å². The standard InChI is InChI=1S/C12H16N4O2/c1-17-6-2-10-9-16(5-7-18-10)12-11(8-13)14-3-4-15-12/h3-4,10H,2,5-7,9H2,1H3. The maximum atomic E-state index is 9.03. The molecule has 1 saturated heterocycles. The van der Waals surface area contributed by atoms with Crippen molar-refractivity contribution < 1.29 is 9.47 Å². The highest BCUT2D eigenvalue weighted by Crippen LogP contribution is 2.18. The quantitative estimate of drug-likeness (QED) is 0.776. The molecule has 6 nitrogen and oxygen atoms in total. The number of hydrogen-bond donors (Lipinski definition) is 0. The maximum absolute atomic E-state index is 9.03. The van der Waals surface area contributed by atoms with E-state index in [2.05, 4.69) is 20.9 Å². The second kappa shape index (κ2) is 6.28. The van der Waals surface area contributed by atoms with E-state index in [4.69, 9.17) is 14.7 Å². The lowest BCUT2D eigenvalue weighted by atomic mass is 10.2. The average molecular weight is 248 g/mol. The minimum Gasteiger partial charge on any atom is -0.385 e. The van der Waals surface area contributed by atoms with Gasteiger partial charge in [0.05, 0.1) is 12.7 Å². The Morgan fingerprint density at radius 3 is 3.17 bits per heavy atom. The molecule has 18 heavy (non-hydrogen) atoms. The second-order valence-corrected chi connectivity index (χ2v) is 4.06. The Morgan fingerprint density at radius 1 is 1.56 bits per heavy atom. The number of rotatable bonds is 4. The predicted octanol–water partition coefficient (Wildman–Crippen LogP) is 0.590. The molecule has 0 spiro atoms. The normalized spacial score (nSPS) is 19.6. The number of nitrogens with zero attached hydrogens (tertiary/aromatic N) is 4. The van der Waals surface area contributed by atoms with Crippen LogP contribution < -0.4 is 4.90 Å². The molecule has 1 fully saturated rings. The Kier molecular flexibility index (Phi) is 4.45. The van der Waals surface area contributed by atoms with Gasteiger partial charge < -0.3 is 14.4 Å². The second-order valence-electron chi connectivity index (χ2n) is 4.06. The Balaban J connectivity index is 2.06. The van der Waals surface area contributed by atoms with Crippen LogP contribution in [0, 0.1) is 11.3 Å². The van der Waals surface area contributed by atoms with Crippen LogP contribution in [0.3, 0.4) is 0 Å². The Bertz CT molecular complexity index is 432. The molecule has 0 N–H and O–H groups in total. The predicted molar refractivity (Wildman–Crippen MR) is 65.2 cm³/mol. The number of hydrogen-bond acceptors (Lipinski definition) is 6. The molecule has 0 aliphatic carbocycles. The average Bonchev–Trinajstić information content (AvgIpc) is 2.45. The number of aromatic nitrogens is 2. The summed E-state index contributed by atoms with van der Waals surface area (Å²) in [5.41, 5.74) is 0.366. The van der Waals surface area contributed by atoms with Gasteiger partial charge in [-0.15, -0.1) is 0 Å². The number of nitriles is 1. The molecule has 6 heteroatoms. The van der Waals surface area contributed by atoms with E-state index in [0.29, 0.717) is 24.7 Å². The summed E-state index contributed by atoms with van der Waals surface area (Å²) in [5, 5.41) is 9.03. The van der Waals surface area contributed by atoms with Gasteiger partial charge in [0.15, 0.2) is 11.5 Å². The molecule has 2 heterocycles. The molecule has 1 aliphatic heterocycles. The summed E-state index contributed by atoms with van der Waals surface area (Å²) in [6, 6.07) is 2.07. The van der Waals surface area contributed by atoms with Crippen molar-refractivity contribution in [2.45, 2.75) is 12.5 Å². The fourth-order valence-corrected chi connectivity index (χ4v) is 1.98. The lowest BCUT2D eigenvalue weighted by molar-refractivity contribution is 0.0189. The number of methoxy groups -OCH3 is 1. The topological polar surface area (TPSA) is 71.3 Å². The van der Waals surface area contributed by atoms with E-state index >= 15 is 0 Å². The summed E-state index contributed by atoms with van der Waals surface area (Å²) in [7, 11) is 1.68. The van der Waals surface area contributed by atoms with Crippen LogP contribution in [0.15, 0.2) is 12.4 Å². The maximum Gasteiger partial charge on any atom is 0.183 e. The van der Waals surface area contributed by atoms with Crippen molar-refractivity contribution in [3.8, 4) is 6.07 Å². The molecule has 1 aromatic heterocycles. The summed E-state index contributed by atoms with van der Waals surface area (Å²) < 4.78 is 10.7. The fraction of sp³-hybridized carbons (Fsp3) is 0.583. The molecule has 1 aliphatic rings. The van der Waals surface area contributed by atoms with Crippen LogP contribution in [0.4, 0.5) is 5.82 Å². The van der Waals surface area contributed by atoms with E-state index in [1.807, 2.05) is 0 Å². The first-order chi connectivity index (χ1) is 8.85. The lowest BCUT2D eigenvalue weighted by Gasteiger charge is -2.33. The third-order valence-corrected chi connectivity index (χ3v) is 2.87. The minimum atomic E-state index is 0.118. The molecule has 1 unspecified atom stereocenters. The first kappa shape index (κ1) is 12.7. The zero-order valence-electron chi connectivity index (χ0n) is 10.4. The molecule has 96 valence electrons. The van der Waals surface area contributed by atoms with Crippen molar-refractivity contribution in [2.24, 2.45) is 0 Å². The van der Waals surface area contributed by atoms with Gasteiger partial charge >= 0.3 is 0 Å². The Morgan fingerprint density at radius 2 is 2.39 bits per heavy atom. The van der Waals surface area contributed by atoms with Gasteiger partial charge in [0, 0.05) is 39.2 Å². The van der Waals surface area contributed by atoms with Crippen LogP contribution in [-0.2, 0) is 9.47 Å². The first-order valence-electron chi connectivity index (χ1n) is 5.91. The first-order valence-corrected chi connectivity index (χ1v) is 5.91. The zero-order chi connectivity index (χ0) is 12.8. The highest BCUT2D eigenvalue weighted by molar-refractivity contribution is 5.49. The molecule has 0 aromatic carbocycles. The van der Waals surface area contributed by atoms with Crippen LogP contribution in [0.25, 0.3) is 0 Å². The van der Waals surface area contributed by atoms with Crippen molar-refractivity contribution in [2.75, 3.05) is 38.3 Å². The number of morpholine rings is 1. The van der Waals surface area contributed by atoms with Crippen molar-refractivity contribution >= 4 is 5.82 Å². The fourth-order valence-electron chi connectivity index (χ4n) is 1.98. The van der Waals surface area contributed by atoms with Gasteiger partial charge in [0.25, 0.3) is 0 Å². The number of anilines is 1. The van der Waals surface area contributed by atoms with Gasteiger partial charge in [0.1, 0.15) is 6.07 Å². The molecular formula is C12H16N4O2. The summed E-state index contributed by atoms with van der Waals surface area (Å²) >= 11 is 0. The van der Waals surface area contributed by atoms with Gasteiger partial charge in [-0.1, -0.05) is 0 Å². The highest BCUT2D eigenvalue weighted by Gasteiger charge is 2.23. The van der Waals surface area contributed by atoms with Crippen molar-refractivity contribution in [1.29, 1.82) is 5.26 Å². The van der Waals surface area contributed by atoms with Crippen LogP contribution in [0.5, 0.6) is 0 Å². The van der Waals surface area contributed by atoms with Crippen LogP contribution >= 0.6 is 0 Å². The highest BCUT2D eigenvalue weighted by atomic mass is 16.5. The van der Waals surface area contributed by atoms with Gasteiger partial charge in [-0.2, -0.15) is 5.26 Å². The zero-order valence-corrected chi connectivity index (χ0v) is 10.4. The Labute approximate surface area is 106 Å².